The van der Waals surface area contributed by atoms with Crippen molar-refractivity contribution in [2.45, 2.75) is 44.1 Å². The quantitative estimate of drug-likeness (QED) is 0.724. The van der Waals surface area contributed by atoms with E-state index >= 15 is 0 Å². The monoisotopic (exact) mass is 447 g/mol. The number of Topliss-reactive ketones (excluding diaryl/α,β-unsaturated/α-hetero) is 1. The van der Waals surface area contributed by atoms with Crippen molar-refractivity contribution in [3.8, 4) is 0 Å². The van der Waals surface area contributed by atoms with Crippen molar-refractivity contribution >= 4 is 29.4 Å². The van der Waals surface area contributed by atoms with Gasteiger partial charge in [0.1, 0.15) is 5.54 Å². The number of hydrogen-bond donors (Lipinski definition) is 2. The number of benzene rings is 1. The van der Waals surface area contributed by atoms with Gasteiger partial charge in [-0.3, -0.25) is 14.5 Å². The fourth-order valence-corrected chi connectivity index (χ4v) is 5.34. The Morgan fingerprint density at radius 3 is 2.32 bits per heavy atom. The lowest BCUT2D eigenvalue weighted by Gasteiger charge is -2.43. The molecule has 7 nitrogen and oxygen atoms in total. The Labute approximate surface area is 187 Å². The van der Waals surface area contributed by atoms with Crippen molar-refractivity contribution in [2.24, 2.45) is 11.3 Å². The number of piperidine rings is 1. The Morgan fingerprint density at radius 1 is 1.16 bits per heavy atom. The minimum Gasteiger partial charge on any atom is -0.465 e. The second kappa shape index (κ2) is 8.10. The first-order valence-corrected chi connectivity index (χ1v) is 11.3. The third-order valence-electron chi connectivity index (χ3n) is 7.57. The molecule has 2 aliphatic heterocycles. The highest BCUT2D eigenvalue weighted by molar-refractivity contribution is 6.30. The van der Waals surface area contributed by atoms with Gasteiger partial charge in [-0.05, 0) is 43.4 Å². The number of nitrogens with one attached hydrogen (secondary N) is 1. The van der Waals surface area contributed by atoms with Crippen LogP contribution in [0.25, 0.3) is 0 Å². The second-order valence-corrected chi connectivity index (χ2v) is 9.93. The SMILES string of the molecule is CN(C(=O)O)[C@@]1(C(=O)C2CCN(C(=O)C3(C)CC3)CC2)CNC[C@@H]1c1ccc(Cl)cc1. The van der Waals surface area contributed by atoms with Crippen molar-refractivity contribution in [2.75, 3.05) is 33.2 Å². The first-order chi connectivity index (χ1) is 14.7. The molecule has 4 rings (SSSR count). The highest BCUT2D eigenvalue weighted by Gasteiger charge is 2.56. The van der Waals surface area contributed by atoms with Crippen LogP contribution in [-0.2, 0) is 9.59 Å². The van der Waals surface area contributed by atoms with Crippen LogP contribution in [0.5, 0.6) is 0 Å². The number of carbonyl (C=O) groups is 3. The van der Waals surface area contributed by atoms with Gasteiger partial charge in [0.05, 0.1) is 0 Å². The van der Waals surface area contributed by atoms with Crippen LogP contribution in [-0.4, -0.2) is 71.5 Å². The van der Waals surface area contributed by atoms with Crippen LogP contribution in [0.3, 0.4) is 0 Å². The first-order valence-electron chi connectivity index (χ1n) is 11.0. The Hall–Kier alpha value is -2.12. The number of nitrogens with zero attached hydrogens (tertiary/aromatic N) is 2. The molecule has 2 heterocycles. The molecular weight excluding hydrogens is 418 g/mol. The Kier molecular flexibility index (Phi) is 5.77. The molecular formula is C23H30ClN3O4. The minimum atomic E-state index is -1.18. The summed E-state index contributed by atoms with van der Waals surface area (Å²) in [5.74, 6) is -0.430. The molecule has 1 aliphatic carbocycles. The van der Waals surface area contributed by atoms with Gasteiger partial charge in [-0.25, -0.2) is 4.79 Å². The molecule has 0 aromatic heterocycles. The van der Waals surface area contributed by atoms with Crippen molar-refractivity contribution in [3.05, 3.63) is 34.9 Å². The molecule has 1 aromatic carbocycles. The van der Waals surface area contributed by atoms with E-state index in [1.165, 1.54) is 11.9 Å². The predicted molar refractivity (Wildman–Crippen MR) is 117 cm³/mol. The van der Waals surface area contributed by atoms with Crippen molar-refractivity contribution in [3.63, 3.8) is 0 Å². The molecule has 3 fully saturated rings. The third-order valence-corrected chi connectivity index (χ3v) is 7.83. The lowest BCUT2D eigenvalue weighted by molar-refractivity contribution is -0.142. The Balaban J connectivity index is 1.58. The van der Waals surface area contributed by atoms with Gasteiger partial charge in [-0.15, -0.1) is 0 Å². The number of carbonyl (C=O) groups excluding carboxylic acids is 2. The number of halogens is 1. The molecule has 2 atom stereocenters. The molecule has 3 aliphatic rings. The van der Waals surface area contributed by atoms with Crippen LogP contribution < -0.4 is 5.32 Å². The summed E-state index contributed by atoms with van der Waals surface area (Å²) < 4.78 is 0. The summed E-state index contributed by atoms with van der Waals surface area (Å²) in [6.07, 6.45) is 1.90. The third kappa shape index (κ3) is 3.82. The van der Waals surface area contributed by atoms with E-state index in [1.54, 1.807) is 12.1 Å². The van der Waals surface area contributed by atoms with Crippen LogP contribution >= 0.6 is 11.6 Å². The summed E-state index contributed by atoms with van der Waals surface area (Å²) in [5.41, 5.74) is -0.500. The number of likely N-dealkylation sites (tertiary alicyclic amines) is 1. The molecule has 31 heavy (non-hydrogen) atoms. The van der Waals surface area contributed by atoms with Crippen LogP contribution in [0.1, 0.15) is 44.1 Å². The Morgan fingerprint density at radius 2 is 1.77 bits per heavy atom. The van der Waals surface area contributed by atoms with Gasteiger partial charge in [0.25, 0.3) is 0 Å². The molecule has 0 unspecified atom stereocenters. The average molecular weight is 448 g/mol. The zero-order valence-electron chi connectivity index (χ0n) is 18.1. The van der Waals surface area contributed by atoms with Crippen LogP contribution in [0, 0.1) is 11.3 Å². The first kappa shape index (κ1) is 22.1. The number of likely N-dealkylation sites (N-methyl/N-ethyl adjacent to an activating group) is 1. The summed E-state index contributed by atoms with van der Waals surface area (Å²) in [5, 5.41) is 13.7. The average Bonchev–Trinajstić information content (AvgIpc) is 3.37. The fraction of sp³-hybridized carbons (Fsp3) is 0.609. The van der Waals surface area contributed by atoms with Gasteiger partial charge in [-0.1, -0.05) is 30.7 Å². The molecule has 168 valence electrons. The molecule has 1 saturated carbocycles. The standard InChI is InChI=1S/C23H30ClN3O4/c1-22(9-10-22)20(29)27-11-7-16(8-12-27)19(28)23(26(2)21(30)31)14-25-13-18(23)15-3-5-17(24)6-4-15/h3-6,16,18,25H,7-14H2,1-2H3,(H,30,31)/t18-,23+/m1/s1. The van der Waals surface area contributed by atoms with Crippen LogP contribution in [0.15, 0.2) is 24.3 Å². The maximum Gasteiger partial charge on any atom is 0.407 e. The summed E-state index contributed by atoms with van der Waals surface area (Å²) in [4.78, 5) is 41.7. The van der Waals surface area contributed by atoms with Crippen LogP contribution in [0.2, 0.25) is 5.02 Å². The van der Waals surface area contributed by atoms with E-state index in [9.17, 15) is 19.5 Å². The normalized spacial score (nSPS) is 27.7. The predicted octanol–water partition coefficient (Wildman–Crippen LogP) is 2.98. The highest BCUT2D eigenvalue weighted by atomic mass is 35.5. The van der Waals surface area contributed by atoms with E-state index < -0.39 is 11.6 Å². The van der Waals surface area contributed by atoms with Crippen molar-refractivity contribution in [1.82, 2.24) is 15.1 Å². The van der Waals surface area contributed by atoms with E-state index in [0.29, 0.717) is 37.5 Å². The molecule has 2 amide bonds. The second-order valence-electron chi connectivity index (χ2n) is 9.49. The molecule has 2 saturated heterocycles. The van der Waals surface area contributed by atoms with E-state index in [-0.39, 0.29) is 35.5 Å². The van der Waals surface area contributed by atoms with Gasteiger partial charge in [0.2, 0.25) is 5.91 Å². The van der Waals surface area contributed by atoms with E-state index in [0.717, 1.165) is 18.4 Å². The molecule has 8 heteroatoms. The van der Waals surface area contributed by atoms with Gasteiger partial charge in [0, 0.05) is 55.5 Å². The smallest absolute Gasteiger partial charge is 0.407 e. The molecule has 1 aromatic rings. The maximum atomic E-state index is 13.9. The summed E-state index contributed by atoms with van der Waals surface area (Å²) in [7, 11) is 1.49. The number of carboxylic acid groups (broad SMARTS) is 1. The topological polar surface area (TPSA) is 90.0 Å². The zero-order valence-corrected chi connectivity index (χ0v) is 18.8. The summed E-state index contributed by atoms with van der Waals surface area (Å²) in [6.45, 7) is 3.90. The van der Waals surface area contributed by atoms with E-state index in [4.69, 9.17) is 11.6 Å². The zero-order chi connectivity index (χ0) is 22.4. The molecule has 0 radical (unpaired) electrons. The van der Waals surface area contributed by atoms with Gasteiger partial charge in [0.15, 0.2) is 5.78 Å². The highest BCUT2D eigenvalue weighted by Crippen LogP contribution is 2.47. The summed E-state index contributed by atoms with van der Waals surface area (Å²) >= 11 is 6.04. The molecule has 2 N–H and O–H groups in total. The number of rotatable bonds is 5. The van der Waals surface area contributed by atoms with E-state index in [1.807, 2.05) is 24.0 Å². The van der Waals surface area contributed by atoms with Crippen molar-refractivity contribution < 1.29 is 19.5 Å². The minimum absolute atomic E-state index is 0.0490. The van der Waals surface area contributed by atoms with Crippen molar-refractivity contribution in [1.29, 1.82) is 0 Å². The number of hydrogen-bond acceptors (Lipinski definition) is 4. The summed E-state index contributed by atoms with van der Waals surface area (Å²) in [6, 6.07) is 7.28. The lowest BCUT2D eigenvalue weighted by atomic mass is 9.72. The fourth-order valence-electron chi connectivity index (χ4n) is 5.22. The maximum absolute atomic E-state index is 13.9. The van der Waals surface area contributed by atoms with Gasteiger partial charge in [-0.2, -0.15) is 0 Å². The van der Waals surface area contributed by atoms with Gasteiger partial charge >= 0.3 is 6.09 Å². The number of ketones is 1. The molecule has 0 bridgehead atoms. The molecule has 0 spiro atoms. The van der Waals surface area contributed by atoms with E-state index in [2.05, 4.69) is 5.32 Å². The lowest BCUT2D eigenvalue weighted by Crippen LogP contribution is -2.62. The number of amides is 2. The van der Waals surface area contributed by atoms with Crippen LogP contribution in [0.4, 0.5) is 4.79 Å². The van der Waals surface area contributed by atoms with Gasteiger partial charge < -0.3 is 15.3 Å². The Bertz CT molecular complexity index is 877. The largest absolute Gasteiger partial charge is 0.465 e.